The van der Waals surface area contributed by atoms with Crippen LogP contribution in [0.25, 0.3) is 10.2 Å². The average Bonchev–Trinajstić information content (AvgIpc) is 3.05. The summed E-state index contributed by atoms with van der Waals surface area (Å²) in [5.41, 5.74) is 0.866. The molecule has 0 saturated carbocycles. The maximum Gasteiger partial charge on any atom is 0.289 e. The standard InChI is InChI=1S/C15H10Cl2N2OS2/c1-2-8-19-13-9(16)4-3-5-10(13)22-15(19)18-14(20)11-6-7-12(17)21-11/h2-7H,1,8H2. The van der Waals surface area contributed by atoms with E-state index >= 15 is 0 Å². The molecule has 0 bridgehead atoms. The number of benzene rings is 1. The third kappa shape index (κ3) is 2.90. The minimum atomic E-state index is -0.308. The summed E-state index contributed by atoms with van der Waals surface area (Å²) in [6, 6.07) is 9.02. The smallest absolute Gasteiger partial charge is 0.289 e. The fourth-order valence-electron chi connectivity index (χ4n) is 2.04. The lowest BCUT2D eigenvalue weighted by Crippen LogP contribution is -2.16. The zero-order valence-corrected chi connectivity index (χ0v) is 14.4. The Hall–Kier alpha value is -1.40. The molecule has 0 aliphatic carbocycles. The van der Waals surface area contributed by atoms with Gasteiger partial charge in [0.05, 0.1) is 24.5 Å². The molecule has 7 heteroatoms. The van der Waals surface area contributed by atoms with Gasteiger partial charge in [-0.2, -0.15) is 4.99 Å². The zero-order chi connectivity index (χ0) is 15.7. The van der Waals surface area contributed by atoms with Gasteiger partial charge in [-0.05, 0) is 24.3 Å². The molecular formula is C15H10Cl2N2OS2. The van der Waals surface area contributed by atoms with Crippen molar-refractivity contribution >= 4 is 62.0 Å². The number of amides is 1. The molecule has 22 heavy (non-hydrogen) atoms. The summed E-state index contributed by atoms with van der Waals surface area (Å²) < 4.78 is 3.43. The largest absolute Gasteiger partial charge is 0.311 e. The highest BCUT2D eigenvalue weighted by Crippen LogP contribution is 2.26. The van der Waals surface area contributed by atoms with Gasteiger partial charge in [0.1, 0.15) is 0 Å². The molecule has 2 heterocycles. The molecule has 1 amide bonds. The predicted molar refractivity (Wildman–Crippen MR) is 94.2 cm³/mol. The third-order valence-corrected chi connectivity index (χ3v) is 5.51. The molecule has 0 aliphatic heterocycles. The second kappa shape index (κ2) is 6.38. The topological polar surface area (TPSA) is 34.4 Å². The van der Waals surface area contributed by atoms with Crippen molar-refractivity contribution in [3.8, 4) is 0 Å². The highest BCUT2D eigenvalue weighted by molar-refractivity contribution is 7.18. The summed E-state index contributed by atoms with van der Waals surface area (Å²) in [5, 5.41) is 0.628. The Bertz CT molecular complexity index is 937. The molecule has 0 spiro atoms. The summed E-state index contributed by atoms with van der Waals surface area (Å²) in [5.74, 6) is -0.308. The van der Waals surface area contributed by atoms with Gasteiger partial charge in [-0.25, -0.2) is 0 Å². The minimum absolute atomic E-state index is 0.308. The molecule has 3 nitrogen and oxygen atoms in total. The van der Waals surface area contributed by atoms with Gasteiger partial charge in [0, 0.05) is 6.54 Å². The van der Waals surface area contributed by atoms with Crippen LogP contribution in [0.5, 0.6) is 0 Å². The van der Waals surface area contributed by atoms with E-state index < -0.39 is 0 Å². The monoisotopic (exact) mass is 368 g/mol. The number of carbonyl (C=O) groups excluding carboxylic acids is 1. The van der Waals surface area contributed by atoms with Gasteiger partial charge in [-0.15, -0.1) is 17.9 Å². The van der Waals surface area contributed by atoms with Crippen LogP contribution in [0.15, 0.2) is 48.0 Å². The molecular weight excluding hydrogens is 359 g/mol. The van der Waals surface area contributed by atoms with E-state index in [-0.39, 0.29) is 5.91 Å². The number of para-hydroxylation sites is 1. The van der Waals surface area contributed by atoms with Crippen molar-refractivity contribution in [2.45, 2.75) is 6.54 Å². The van der Waals surface area contributed by atoms with Crippen LogP contribution in [0.1, 0.15) is 9.67 Å². The normalized spacial score (nSPS) is 12.0. The van der Waals surface area contributed by atoms with E-state index in [1.807, 2.05) is 22.8 Å². The summed E-state index contributed by atoms with van der Waals surface area (Å²) in [4.78, 5) is 17.6. The van der Waals surface area contributed by atoms with E-state index in [9.17, 15) is 4.79 Å². The number of aromatic nitrogens is 1. The lowest BCUT2D eigenvalue weighted by atomic mass is 10.3. The van der Waals surface area contributed by atoms with Crippen molar-refractivity contribution < 1.29 is 4.79 Å². The quantitative estimate of drug-likeness (QED) is 0.599. The molecule has 2 aromatic heterocycles. The first kappa shape index (κ1) is 15.5. The first-order valence-electron chi connectivity index (χ1n) is 6.33. The maximum absolute atomic E-state index is 12.3. The van der Waals surface area contributed by atoms with Crippen LogP contribution in [0.3, 0.4) is 0 Å². The molecule has 0 saturated heterocycles. The summed E-state index contributed by atoms with van der Waals surface area (Å²) in [6.07, 6.45) is 1.75. The average molecular weight is 369 g/mol. The van der Waals surface area contributed by atoms with Crippen molar-refractivity contribution in [2.24, 2.45) is 4.99 Å². The number of carbonyl (C=O) groups is 1. The van der Waals surface area contributed by atoms with E-state index in [0.717, 1.165) is 10.2 Å². The summed E-state index contributed by atoms with van der Waals surface area (Å²) in [7, 11) is 0. The molecule has 3 aromatic rings. The van der Waals surface area contributed by atoms with Gasteiger partial charge in [-0.1, -0.05) is 46.7 Å². The van der Waals surface area contributed by atoms with E-state index in [0.29, 0.717) is 25.6 Å². The van der Waals surface area contributed by atoms with Gasteiger partial charge < -0.3 is 4.57 Å². The van der Waals surface area contributed by atoms with Crippen molar-refractivity contribution in [3.05, 3.63) is 62.0 Å². The number of hydrogen-bond donors (Lipinski definition) is 0. The highest BCUT2D eigenvalue weighted by Gasteiger charge is 2.12. The first-order valence-corrected chi connectivity index (χ1v) is 8.72. The van der Waals surface area contributed by atoms with E-state index in [1.54, 1.807) is 18.2 Å². The molecule has 0 N–H and O–H groups in total. The van der Waals surface area contributed by atoms with Crippen molar-refractivity contribution in [2.75, 3.05) is 0 Å². The van der Waals surface area contributed by atoms with Crippen LogP contribution in [0.2, 0.25) is 9.36 Å². The van der Waals surface area contributed by atoms with Crippen molar-refractivity contribution in [1.29, 1.82) is 0 Å². The third-order valence-electron chi connectivity index (χ3n) is 2.94. The van der Waals surface area contributed by atoms with Crippen LogP contribution < -0.4 is 4.80 Å². The Labute approximate surface area is 144 Å². The molecule has 1 aromatic carbocycles. The molecule has 0 unspecified atom stereocenters. The number of halogens is 2. The second-order valence-electron chi connectivity index (χ2n) is 4.39. The Morgan fingerprint density at radius 2 is 2.09 bits per heavy atom. The number of thiophene rings is 1. The predicted octanol–water partition coefficient (Wildman–Crippen LogP) is 5.00. The van der Waals surface area contributed by atoms with E-state index in [1.165, 1.54) is 22.7 Å². The number of fused-ring (bicyclic) bond motifs is 1. The highest BCUT2D eigenvalue weighted by atomic mass is 35.5. The fraction of sp³-hybridized carbons (Fsp3) is 0.0667. The van der Waals surface area contributed by atoms with Crippen LogP contribution in [-0.4, -0.2) is 10.5 Å². The second-order valence-corrected chi connectivity index (χ2v) is 7.52. The maximum atomic E-state index is 12.3. The van der Waals surface area contributed by atoms with Crippen molar-refractivity contribution in [1.82, 2.24) is 4.57 Å². The summed E-state index contributed by atoms with van der Waals surface area (Å²) in [6.45, 7) is 4.28. The lowest BCUT2D eigenvalue weighted by molar-refractivity contribution is 0.100. The van der Waals surface area contributed by atoms with Crippen LogP contribution in [0.4, 0.5) is 0 Å². The molecule has 112 valence electrons. The fourth-order valence-corrected chi connectivity index (χ4v) is 4.37. The van der Waals surface area contributed by atoms with Crippen LogP contribution in [0, 0.1) is 0 Å². The number of nitrogens with zero attached hydrogens (tertiary/aromatic N) is 2. The zero-order valence-electron chi connectivity index (χ0n) is 11.3. The van der Waals surface area contributed by atoms with Gasteiger partial charge in [0.15, 0.2) is 4.80 Å². The van der Waals surface area contributed by atoms with Crippen LogP contribution in [-0.2, 0) is 6.54 Å². The number of thiazole rings is 1. The first-order chi connectivity index (χ1) is 10.6. The van der Waals surface area contributed by atoms with Crippen LogP contribution >= 0.6 is 45.9 Å². The van der Waals surface area contributed by atoms with Gasteiger partial charge in [-0.3, -0.25) is 4.79 Å². The van der Waals surface area contributed by atoms with Gasteiger partial charge >= 0.3 is 0 Å². The molecule has 0 aliphatic rings. The SMILES string of the molecule is C=CCn1c(=NC(=O)c2ccc(Cl)s2)sc2cccc(Cl)c21. The Balaban J connectivity index is 2.19. The Morgan fingerprint density at radius 3 is 2.77 bits per heavy atom. The molecule has 0 radical (unpaired) electrons. The minimum Gasteiger partial charge on any atom is -0.311 e. The molecule has 0 fully saturated rings. The summed E-state index contributed by atoms with van der Waals surface area (Å²) >= 11 is 14.8. The van der Waals surface area contributed by atoms with E-state index in [4.69, 9.17) is 23.2 Å². The molecule has 0 atom stereocenters. The van der Waals surface area contributed by atoms with Gasteiger partial charge in [0.25, 0.3) is 5.91 Å². The van der Waals surface area contributed by atoms with Gasteiger partial charge in [0.2, 0.25) is 0 Å². The lowest BCUT2D eigenvalue weighted by Gasteiger charge is -2.02. The Kier molecular flexibility index (Phi) is 4.49. The Morgan fingerprint density at radius 1 is 1.27 bits per heavy atom. The number of hydrogen-bond acceptors (Lipinski definition) is 3. The number of allylic oxidation sites excluding steroid dienone is 1. The van der Waals surface area contributed by atoms with Crippen molar-refractivity contribution in [3.63, 3.8) is 0 Å². The number of rotatable bonds is 3. The van der Waals surface area contributed by atoms with E-state index in [2.05, 4.69) is 11.6 Å². The molecule has 3 rings (SSSR count).